The zero-order valence-electron chi connectivity index (χ0n) is 11.2. The molecule has 0 aliphatic heterocycles. The molecule has 2 rings (SSSR count). The lowest BCUT2D eigenvalue weighted by molar-refractivity contribution is -0.141. The van der Waals surface area contributed by atoms with Crippen LogP contribution in [0.1, 0.15) is 16.8 Å². The molecule has 0 bridgehead atoms. The number of nitrogens with zero attached hydrogens (tertiary/aromatic N) is 3. The lowest BCUT2D eigenvalue weighted by Crippen LogP contribution is -2.24. The fraction of sp³-hybridized carbons (Fsp3) is 0.154. The monoisotopic (exact) mass is 351 g/mol. The van der Waals surface area contributed by atoms with Crippen LogP contribution in [0.3, 0.4) is 0 Å². The zero-order valence-corrected chi connectivity index (χ0v) is 11.2. The van der Waals surface area contributed by atoms with Crippen molar-refractivity contribution < 1.29 is 30.7 Å². The first-order valence-electron chi connectivity index (χ1n) is 5.92. The van der Waals surface area contributed by atoms with Gasteiger partial charge in [-0.15, -0.1) is 0 Å². The smallest absolute Gasteiger partial charge is 0.269 e. The summed E-state index contributed by atoms with van der Waals surface area (Å²) in [7, 11) is 0. The van der Waals surface area contributed by atoms with Gasteiger partial charge in [-0.25, -0.2) is 9.37 Å². The van der Waals surface area contributed by atoms with Crippen LogP contribution in [0.5, 0.6) is 0 Å². The number of rotatable bonds is 1. The van der Waals surface area contributed by atoms with Crippen molar-refractivity contribution in [3.05, 3.63) is 57.5 Å². The Kier molecular flexibility index (Phi) is 4.09. The molecule has 0 atom stereocenters. The Labute approximate surface area is 128 Å². The van der Waals surface area contributed by atoms with Gasteiger partial charge in [0.05, 0.1) is 11.1 Å². The molecule has 1 aromatic carbocycles. The molecule has 0 saturated carbocycles. The van der Waals surface area contributed by atoms with Crippen LogP contribution in [0.15, 0.2) is 29.3 Å². The number of hydrogen-bond acceptors (Lipinski definition) is 3. The van der Waals surface area contributed by atoms with Crippen LogP contribution in [-0.4, -0.2) is 9.55 Å². The van der Waals surface area contributed by atoms with E-state index >= 15 is 0 Å². The van der Waals surface area contributed by atoms with Crippen LogP contribution in [0, 0.1) is 17.1 Å². The van der Waals surface area contributed by atoms with Crippen molar-refractivity contribution >= 4 is 0 Å². The van der Waals surface area contributed by atoms with Crippen molar-refractivity contribution in [1.29, 1.82) is 5.26 Å². The first-order valence-corrected chi connectivity index (χ1v) is 5.92. The van der Waals surface area contributed by atoms with Gasteiger partial charge < -0.3 is 0 Å². The van der Waals surface area contributed by atoms with Crippen molar-refractivity contribution in [1.82, 2.24) is 9.55 Å². The molecule has 0 aliphatic carbocycles. The quantitative estimate of drug-likeness (QED) is 0.741. The number of hydrogen-bond donors (Lipinski definition) is 0. The van der Waals surface area contributed by atoms with Gasteiger partial charge in [-0.2, -0.15) is 31.6 Å². The molecule has 0 amide bonds. The van der Waals surface area contributed by atoms with E-state index < -0.39 is 46.2 Å². The maximum atomic E-state index is 14.0. The SMILES string of the molecule is N#Cc1cc(C(F)(F)F)cc(F)c1-n1cnc(C(F)(F)F)cc1=O. The second-order valence-electron chi connectivity index (χ2n) is 4.44. The Hall–Kier alpha value is -2.90. The molecule has 4 nitrogen and oxygen atoms in total. The van der Waals surface area contributed by atoms with E-state index in [4.69, 9.17) is 5.26 Å². The molecule has 11 heteroatoms. The molecule has 2 aromatic rings. The van der Waals surface area contributed by atoms with Crippen molar-refractivity contribution in [3.8, 4) is 11.8 Å². The molecular weight excluding hydrogens is 347 g/mol. The molecule has 0 N–H and O–H groups in total. The van der Waals surface area contributed by atoms with Gasteiger partial charge in [0.25, 0.3) is 5.56 Å². The minimum Gasteiger partial charge on any atom is -0.269 e. The highest BCUT2D eigenvalue weighted by Gasteiger charge is 2.34. The summed E-state index contributed by atoms with van der Waals surface area (Å²) >= 11 is 0. The van der Waals surface area contributed by atoms with Crippen LogP contribution in [-0.2, 0) is 12.4 Å². The van der Waals surface area contributed by atoms with E-state index in [0.29, 0.717) is 0 Å². The fourth-order valence-electron chi connectivity index (χ4n) is 1.82. The third-order valence-corrected chi connectivity index (χ3v) is 2.85. The standard InChI is InChI=1S/C13H4F7N3O/c14-8-2-7(12(15,16)17)1-6(4-21)11(8)23-5-22-9(3-10(23)24)13(18,19)20/h1-3,5H. The molecule has 1 aromatic heterocycles. The second-order valence-corrected chi connectivity index (χ2v) is 4.44. The van der Waals surface area contributed by atoms with Crippen molar-refractivity contribution in [2.24, 2.45) is 0 Å². The van der Waals surface area contributed by atoms with E-state index in [1.807, 2.05) is 0 Å². The van der Waals surface area contributed by atoms with Gasteiger partial charge in [-0.1, -0.05) is 0 Å². The summed E-state index contributed by atoms with van der Waals surface area (Å²) in [6.07, 6.45) is -9.60. The largest absolute Gasteiger partial charge is 0.433 e. The molecule has 1 heterocycles. The van der Waals surface area contributed by atoms with Gasteiger partial charge in [0.2, 0.25) is 0 Å². The van der Waals surface area contributed by atoms with E-state index in [0.717, 1.165) is 0 Å². The molecule has 0 radical (unpaired) electrons. The zero-order chi connectivity index (χ0) is 18.3. The van der Waals surface area contributed by atoms with Gasteiger partial charge in [0.1, 0.15) is 23.9 Å². The first kappa shape index (κ1) is 17.5. The Bertz CT molecular complexity index is 890. The molecule has 0 unspecified atom stereocenters. The lowest BCUT2D eigenvalue weighted by Gasteiger charge is -2.13. The van der Waals surface area contributed by atoms with Crippen LogP contribution in [0.25, 0.3) is 5.69 Å². The van der Waals surface area contributed by atoms with Crippen molar-refractivity contribution in [2.45, 2.75) is 12.4 Å². The van der Waals surface area contributed by atoms with Gasteiger partial charge >= 0.3 is 12.4 Å². The molecular formula is C13H4F7N3O. The number of aromatic nitrogens is 2. The first-order chi connectivity index (χ1) is 10.9. The topological polar surface area (TPSA) is 58.7 Å². The number of halogens is 7. The summed E-state index contributed by atoms with van der Waals surface area (Å²) in [5.41, 5.74) is -6.25. The lowest BCUT2D eigenvalue weighted by atomic mass is 10.1. The third-order valence-electron chi connectivity index (χ3n) is 2.85. The average molecular weight is 351 g/mol. The van der Waals surface area contributed by atoms with E-state index in [1.165, 1.54) is 6.07 Å². The molecule has 0 aliphatic rings. The predicted molar refractivity (Wildman–Crippen MR) is 64.5 cm³/mol. The maximum absolute atomic E-state index is 14.0. The molecule has 24 heavy (non-hydrogen) atoms. The summed E-state index contributed by atoms with van der Waals surface area (Å²) in [5.74, 6) is -1.61. The Balaban J connectivity index is 2.70. The summed E-state index contributed by atoms with van der Waals surface area (Å²) in [6.45, 7) is 0. The highest BCUT2D eigenvalue weighted by Crippen LogP contribution is 2.32. The molecule has 0 spiro atoms. The van der Waals surface area contributed by atoms with E-state index in [2.05, 4.69) is 4.98 Å². The Morgan fingerprint density at radius 2 is 1.67 bits per heavy atom. The molecule has 126 valence electrons. The van der Waals surface area contributed by atoms with Crippen molar-refractivity contribution in [3.63, 3.8) is 0 Å². The van der Waals surface area contributed by atoms with Gasteiger partial charge in [0, 0.05) is 6.07 Å². The van der Waals surface area contributed by atoms with Crippen LogP contribution in [0.2, 0.25) is 0 Å². The van der Waals surface area contributed by atoms with Gasteiger partial charge in [0.15, 0.2) is 5.69 Å². The van der Waals surface area contributed by atoms with Gasteiger partial charge in [-0.3, -0.25) is 9.36 Å². The van der Waals surface area contributed by atoms with Crippen LogP contribution in [0.4, 0.5) is 30.7 Å². The van der Waals surface area contributed by atoms with Crippen LogP contribution < -0.4 is 5.56 Å². The summed E-state index contributed by atoms with van der Waals surface area (Å²) in [5, 5.41) is 8.87. The predicted octanol–water partition coefficient (Wildman–Crippen LogP) is 3.28. The third kappa shape index (κ3) is 3.22. The number of alkyl halides is 6. The van der Waals surface area contributed by atoms with E-state index in [1.54, 1.807) is 0 Å². The number of nitriles is 1. The van der Waals surface area contributed by atoms with Crippen LogP contribution >= 0.6 is 0 Å². The Morgan fingerprint density at radius 3 is 2.12 bits per heavy atom. The Morgan fingerprint density at radius 1 is 1.04 bits per heavy atom. The maximum Gasteiger partial charge on any atom is 0.433 e. The highest BCUT2D eigenvalue weighted by molar-refractivity contribution is 5.52. The van der Waals surface area contributed by atoms with E-state index in [9.17, 15) is 35.5 Å². The minimum absolute atomic E-state index is 0.0281. The van der Waals surface area contributed by atoms with E-state index in [-0.39, 0.29) is 29.1 Å². The molecule has 0 fully saturated rings. The summed E-state index contributed by atoms with van der Waals surface area (Å²) in [6, 6.07) is 1.62. The average Bonchev–Trinajstić information content (AvgIpc) is 2.45. The second kappa shape index (κ2) is 5.63. The van der Waals surface area contributed by atoms with Crippen molar-refractivity contribution in [2.75, 3.05) is 0 Å². The number of benzene rings is 1. The molecule has 0 saturated heterocycles. The summed E-state index contributed by atoms with van der Waals surface area (Å²) in [4.78, 5) is 14.6. The van der Waals surface area contributed by atoms with Gasteiger partial charge in [-0.05, 0) is 12.1 Å². The highest BCUT2D eigenvalue weighted by atomic mass is 19.4. The normalized spacial score (nSPS) is 12.1. The fourth-order valence-corrected chi connectivity index (χ4v) is 1.82. The minimum atomic E-state index is -4.95. The summed E-state index contributed by atoms with van der Waals surface area (Å²) < 4.78 is 89.3.